The molecule has 0 bridgehead atoms. The van der Waals surface area contributed by atoms with Crippen LogP contribution in [-0.4, -0.2) is 26.2 Å². The van der Waals surface area contributed by atoms with Gasteiger partial charge in [-0.3, -0.25) is 20.2 Å². The van der Waals surface area contributed by atoms with E-state index in [1.54, 1.807) is 0 Å². The Kier molecular flexibility index (Phi) is 5.46. The monoisotopic (exact) mass is 299 g/mol. The van der Waals surface area contributed by atoms with Crippen molar-refractivity contribution in [2.45, 2.75) is 44.7 Å². The van der Waals surface area contributed by atoms with Gasteiger partial charge in [0.25, 0.3) is 11.4 Å². The lowest BCUT2D eigenvalue weighted by molar-refractivity contribution is -0.396. The van der Waals surface area contributed by atoms with Gasteiger partial charge in [-0.15, -0.1) is 0 Å². The average molecular weight is 299 g/mol. The van der Waals surface area contributed by atoms with Crippen LogP contribution in [0.4, 0.5) is 11.4 Å². The highest BCUT2D eigenvalue weighted by molar-refractivity contribution is 7.97. The Bertz CT molecular complexity index is 511. The van der Waals surface area contributed by atoms with Gasteiger partial charge in [-0.25, -0.2) is 4.31 Å². The number of benzene rings is 1. The third-order valence-electron chi connectivity index (χ3n) is 2.57. The Balaban J connectivity index is 3.17. The SMILES string of the molecule is CC(C)N(Sc1ccc([N+](=O)[O-])cc1[N+](=O)[O-])C(C)C. The van der Waals surface area contributed by atoms with Gasteiger partial charge in [0.1, 0.15) is 4.90 Å². The number of nitro groups is 2. The van der Waals surface area contributed by atoms with Gasteiger partial charge in [-0.2, -0.15) is 0 Å². The first-order chi connectivity index (χ1) is 9.23. The largest absolute Gasteiger partial charge is 0.291 e. The fourth-order valence-electron chi connectivity index (χ4n) is 1.76. The van der Waals surface area contributed by atoms with Crippen molar-refractivity contribution in [1.29, 1.82) is 0 Å². The molecule has 0 fully saturated rings. The van der Waals surface area contributed by atoms with Gasteiger partial charge in [0, 0.05) is 18.2 Å². The molecule has 0 N–H and O–H groups in total. The lowest BCUT2D eigenvalue weighted by atomic mass is 10.3. The van der Waals surface area contributed by atoms with Gasteiger partial charge in [0.15, 0.2) is 0 Å². The molecule has 8 heteroatoms. The molecule has 0 saturated heterocycles. The van der Waals surface area contributed by atoms with E-state index >= 15 is 0 Å². The van der Waals surface area contributed by atoms with Gasteiger partial charge >= 0.3 is 0 Å². The third-order valence-corrected chi connectivity index (χ3v) is 4.17. The summed E-state index contributed by atoms with van der Waals surface area (Å²) < 4.78 is 2.01. The first kappa shape index (κ1) is 16.4. The Labute approximate surface area is 121 Å². The number of non-ortho nitro benzene ring substituents is 1. The van der Waals surface area contributed by atoms with Crippen LogP contribution in [-0.2, 0) is 0 Å². The van der Waals surface area contributed by atoms with Crippen molar-refractivity contribution in [3.05, 3.63) is 38.4 Å². The molecular weight excluding hydrogens is 282 g/mol. The van der Waals surface area contributed by atoms with Crippen LogP contribution in [0, 0.1) is 20.2 Å². The molecule has 1 rings (SSSR count). The summed E-state index contributed by atoms with van der Waals surface area (Å²) >= 11 is 1.25. The second kappa shape index (κ2) is 6.67. The topological polar surface area (TPSA) is 89.5 Å². The Morgan fingerprint density at radius 2 is 1.60 bits per heavy atom. The van der Waals surface area contributed by atoms with E-state index in [1.165, 1.54) is 24.1 Å². The fraction of sp³-hybridized carbons (Fsp3) is 0.500. The van der Waals surface area contributed by atoms with E-state index in [0.29, 0.717) is 4.90 Å². The van der Waals surface area contributed by atoms with Gasteiger partial charge < -0.3 is 0 Å². The highest BCUT2D eigenvalue weighted by Crippen LogP contribution is 2.36. The van der Waals surface area contributed by atoms with E-state index in [-0.39, 0.29) is 23.5 Å². The summed E-state index contributed by atoms with van der Waals surface area (Å²) in [7, 11) is 0. The lowest BCUT2D eigenvalue weighted by Gasteiger charge is -2.28. The second-order valence-electron chi connectivity index (χ2n) is 4.80. The molecule has 0 aliphatic rings. The van der Waals surface area contributed by atoms with Gasteiger partial charge in [-0.1, -0.05) is 0 Å². The molecule has 1 aromatic carbocycles. The molecule has 0 aromatic heterocycles. The minimum absolute atomic E-state index is 0.190. The summed E-state index contributed by atoms with van der Waals surface area (Å²) in [6.07, 6.45) is 0. The first-order valence-corrected chi connectivity index (χ1v) is 6.90. The van der Waals surface area contributed by atoms with Crippen LogP contribution >= 0.6 is 11.9 Å². The van der Waals surface area contributed by atoms with E-state index in [1.807, 2.05) is 32.0 Å². The predicted octanol–water partition coefficient (Wildman–Crippen LogP) is 3.63. The van der Waals surface area contributed by atoms with Crippen LogP contribution in [0.15, 0.2) is 23.1 Å². The van der Waals surface area contributed by atoms with Crippen LogP contribution in [0.3, 0.4) is 0 Å². The second-order valence-corrected chi connectivity index (χ2v) is 5.85. The molecule has 0 aliphatic heterocycles. The molecule has 7 nitrogen and oxygen atoms in total. The van der Waals surface area contributed by atoms with Gasteiger partial charge in [0.05, 0.1) is 15.9 Å². The molecule has 20 heavy (non-hydrogen) atoms. The molecule has 0 spiro atoms. The van der Waals surface area contributed by atoms with Gasteiger partial charge in [-0.05, 0) is 45.7 Å². The summed E-state index contributed by atoms with van der Waals surface area (Å²) in [6.45, 7) is 7.96. The van der Waals surface area contributed by atoms with E-state index < -0.39 is 9.85 Å². The summed E-state index contributed by atoms with van der Waals surface area (Å²) in [4.78, 5) is 20.9. The molecule has 0 heterocycles. The zero-order valence-electron chi connectivity index (χ0n) is 11.8. The molecule has 0 unspecified atom stereocenters. The number of rotatable bonds is 6. The smallest absolute Gasteiger partial charge is 0.258 e. The molecule has 0 amide bonds. The van der Waals surface area contributed by atoms with E-state index in [2.05, 4.69) is 0 Å². The molecule has 0 atom stereocenters. The zero-order chi connectivity index (χ0) is 15.4. The van der Waals surface area contributed by atoms with Gasteiger partial charge in [0.2, 0.25) is 0 Å². The van der Waals surface area contributed by atoms with E-state index in [4.69, 9.17) is 0 Å². The quantitative estimate of drug-likeness (QED) is 0.452. The van der Waals surface area contributed by atoms with Crippen molar-refractivity contribution in [1.82, 2.24) is 4.31 Å². The first-order valence-electron chi connectivity index (χ1n) is 6.13. The van der Waals surface area contributed by atoms with Crippen molar-refractivity contribution >= 4 is 23.3 Å². The summed E-state index contributed by atoms with van der Waals surface area (Å²) in [5.41, 5.74) is -0.516. The average Bonchev–Trinajstić information content (AvgIpc) is 2.34. The number of hydrogen-bond donors (Lipinski definition) is 0. The standard InChI is InChI=1S/C12H17N3O4S/c1-8(2)13(9(3)4)20-12-6-5-10(14(16)17)7-11(12)15(18)19/h5-9H,1-4H3. The van der Waals surface area contributed by atoms with Crippen LogP contribution in [0.5, 0.6) is 0 Å². The molecule has 110 valence electrons. The van der Waals surface area contributed by atoms with Crippen molar-refractivity contribution in [3.8, 4) is 0 Å². The summed E-state index contributed by atoms with van der Waals surface area (Å²) in [5.74, 6) is 0. The van der Waals surface area contributed by atoms with Crippen molar-refractivity contribution < 1.29 is 9.85 Å². The maximum Gasteiger partial charge on any atom is 0.291 e. The van der Waals surface area contributed by atoms with Crippen molar-refractivity contribution in [2.24, 2.45) is 0 Å². The zero-order valence-corrected chi connectivity index (χ0v) is 12.6. The molecule has 0 aliphatic carbocycles. The Hall–Kier alpha value is -1.67. The number of nitrogens with zero attached hydrogens (tertiary/aromatic N) is 3. The Morgan fingerprint density at radius 3 is 2.00 bits per heavy atom. The molecule has 0 radical (unpaired) electrons. The fourth-order valence-corrected chi connectivity index (χ4v) is 2.76. The Morgan fingerprint density at radius 1 is 1.05 bits per heavy atom. The van der Waals surface area contributed by atoms with Crippen LogP contribution in [0.1, 0.15) is 27.7 Å². The third kappa shape index (κ3) is 3.91. The van der Waals surface area contributed by atoms with E-state index in [0.717, 1.165) is 6.07 Å². The normalized spacial score (nSPS) is 11.3. The lowest BCUT2D eigenvalue weighted by Crippen LogP contribution is -2.30. The number of nitro benzene ring substituents is 2. The number of hydrogen-bond acceptors (Lipinski definition) is 6. The van der Waals surface area contributed by atoms with Crippen LogP contribution in [0.2, 0.25) is 0 Å². The maximum absolute atomic E-state index is 11.1. The summed E-state index contributed by atoms with van der Waals surface area (Å²) in [6, 6.07) is 4.10. The highest BCUT2D eigenvalue weighted by Gasteiger charge is 2.24. The van der Waals surface area contributed by atoms with Crippen LogP contribution in [0.25, 0.3) is 0 Å². The van der Waals surface area contributed by atoms with Crippen molar-refractivity contribution in [2.75, 3.05) is 0 Å². The van der Waals surface area contributed by atoms with Crippen molar-refractivity contribution in [3.63, 3.8) is 0 Å². The van der Waals surface area contributed by atoms with Crippen LogP contribution < -0.4 is 0 Å². The predicted molar refractivity (Wildman–Crippen MR) is 77.7 cm³/mol. The van der Waals surface area contributed by atoms with E-state index in [9.17, 15) is 20.2 Å². The minimum Gasteiger partial charge on any atom is -0.258 e. The molecule has 0 saturated carbocycles. The molecular formula is C12H17N3O4S. The molecule has 1 aromatic rings. The minimum atomic E-state index is -0.635. The maximum atomic E-state index is 11.1. The summed E-state index contributed by atoms with van der Waals surface area (Å²) in [5, 5.41) is 21.8. The highest BCUT2D eigenvalue weighted by atomic mass is 32.2.